The molecule has 0 saturated heterocycles. The van der Waals surface area contributed by atoms with Gasteiger partial charge >= 0.3 is 0 Å². The molecule has 1 aliphatic rings. The summed E-state index contributed by atoms with van der Waals surface area (Å²) < 4.78 is 15.0. The van der Waals surface area contributed by atoms with E-state index in [0.29, 0.717) is 11.4 Å². The van der Waals surface area contributed by atoms with Crippen LogP contribution in [-0.4, -0.2) is 20.7 Å². The first-order valence-corrected chi connectivity index (χ1v) is 9.05. The number of benzene rings is 1. The zero-order valence-corrected chi connectivity index (χ0v) is 15.4. The lowest BCUT2D eigenvalue weighted by Gasteiger charge is -2.43. The van der Waals surface area contributed by atoms with E-state index in [1.165, 1.54) is 12.1 Å². The van der Waals surface area contributed by atoms with Crippen molar-refractivity contribution in [2.75, 3.05) is 0 Å². The molecule has 1 aromatic carbocycles. The fraction of sp³-hybridized carbons (Fsp3) is 0.286. The van der Waals surface area contributed by atoms with E-state index in [9.17, 15) is 9.18 Å². The van der Waals surface area contributed by atoms with Gasteiger partial charge in [0.25, 0.3) is 5.91 Å². The van der Waals surface area contributed by atoms with Crippen molar-refractivity contribution in [3.05, 3.63) is 77.0 Å². The maximum Gasteiger partial charge on any atom is 0.253 e. The summed E-state index contributed by atoms with van der Waals surface area (Å²) >= 11 is 0. The molecule has 0 aliphatic heterocycles. The molecule has 27 heavy (non-hydrogen) atoms. The van der Waals surface area contributed by atoms with Crippen molar-refractivity contribution in [3.8, 4) is 5.82 Å². The molecule has 1 aliphatic carbocycles. The summed E-state index contributed by atoms with van der Waals surface area (Å²) in [6.45, 7) is 3.89. The molecular weight excluding hydrogens is 343 g/mol. The fourth-order valence-electron chi connectivity index (χ4n) is 3.58. The van der Waals surface area contributed by atoms with E-state index in [1.807, 2.05) is 19.9 Å². The molecule has 0 bridgehead atoms. The van der Waals surface area contributed by atoms with Gasteiger partial charge in [-0.3, -0.25) is 4.79 Å². The van der Waals surface area contributed by atoms with Crippen LogP contribution in [-0.2, 0) is 5.54 Å². The molecule has 2 aromatic heterocycles. The quantitative estimate of drug-likeness (QED) is 0.765. The molecule has 1 fully saturated rings. The zero-order valence-electron chi connectivity index (χ0n) is 15.4. The number of carbonyl (C=O) groups is 1. The Morgan fingerprint density at radius 2 is 1.89 bits per heavy atom. The number of rotatable bonds is 4. The largest absolute Gasteiger partial charge is 0.342 e. The Bertz CT molecular complexity index is 972. The van der Waals surface area contributed by atoms with Gasteiger partial charge in [0.1, 0.15) is 5.82 Å². The van der Waals surface area contributed by atoms with Crippen LogP contribution in [0.3, 0.4) is 0 Å². The van der Waals surface area contributed by atoms with Crippen LogP contribution >= 0.6 is 0 Å². The first-order valence-electron chi connectivity index (χ1n) is 9.05. The number of halogens is 1. The van der Waals surface area contributed by atoms with E-state index < -0.39 is 5.54 Å². The van der Waals surface area contributed by atoms with Crippen molar-refractivity contribution in [1.82, 2.24) is 20.1 Å². The summed E-state index contributed by atoms with van der Waals surface area (Å²) in [6.07, 6.45) is 4.30. The molecule has 5 nitrogen and oxygen atoms in total. The van der Waals surface area contributed by atoms with Gasteiger partial charge in [-0.05, 0) is 69.0 Å². The number of pyridine rings is 1. The molecular formula is C21H21FN4O. The van der Waals surface area contributed by atoms with Crippen LogP contribution in [0.1, 0.15) is 46.6 Å². The Morgan fingerprint density at radius 3 is 2.41 bits per heavy atom. The van der Waals surface area contributed by atoms with Crippen LogP contribution in [0, 0.1) is 19.7 Å². The number of nitrogens with zero attached hydrogens (tertiary/aromatic N) is 3. The summed E-state index contributed by atoms with van der Waals surface area (Å²) in [7, 11) is 0. The average molecular weight is 364 g/mol. The lowest BCUT2D eigenvalue weighted by molar-refractivity contribution is 0.0823. The first-order chi connectivity index (χ1) is 13.0. The maximum absolute atomic E-state index is 13.2. The van der Waals surface area contributed by atoms with Crippen LogP contribution in [0.2, 0.25) is 0 Å². The molecule has 0 atom stereocenters. The predicted octanol–water partition coefficient (Wildman–Crippen LogP) is 3.83. The second kappa shape index (κ2) is 6.61. The number of nitrogens with one attached hydrogen (secondary N) is 1. The van der Waals surface area contributed by atoms with Gasteiger partial charge in [-0.25, -0.2) is 14.1 Å². The lowest BCUT2D eigenvalue weighted by atomic mass is 9.71. The highest BCUT2D eigenvalue weighted by atomic mass is 19.1. The first kappa shape index (κ1) is 17.4. The van der Waals surface area contributed by atoms with E-state index in [1.54, 1.807) is 35.1 Å². The third kappa shape index (κ3) is 3.23. The molecule has 138 valence electrons. The summed E-state index contributed by atoms with van der Waals surface area (Å²) in [6, 6.07) is 11.9. The smallest absolute Gasteiger partial charge is 0.253 e. The van der Waals surface area contributed by atoms with Crippen LogP contribution < -0.4 is 5.32 Å². The maximum atomic E-state index is 13.2. The molecule has 4 rings (SSSR count). The Kier molecular flexibility index (Phi) is 4.26. The molecule has 2 heterocycles. The Balaban J connectivity index is 1.54. The third-order valence-electron chi connectivity index (χ3n) is 5.19. The molecule has 1 saturated carbocycles. The van der Waals surface area contributed by atoms with Gasteiger partial charge in [0.05, 0.1) is 16.8 Å². The minimum atomic E-state index is -0.418. The molecule has 0 unspecified atom stereocenters. The minimum Gasteiger partial charge on any atom is -0.342 e. The summed E-state index contributed by atoms with van der Waals surface area (Å²) in [5.74, 6) is 0.226. The second-order valence-electron chi connectivity index (χ2n) is 7.14. The molecule has 1 N–H and O–H groups in total. The van der Waals surface area contributed by atoms with Gasteiger partial charge in [0.15, 0.2) is 5.82 Å². The molecule has 1 amide bonds. The Morgan fingerprint density at radius 1 is 1.15 bits per heavy atom. The van der Waals surface area contributed by atoms with Crippen molar-refractivity contribution >= 4 is 5.91 Å². The SMILES string of the molecule is Cc1cc(C)n(-c2ccc(C(=O)NC3(c4ccc(F)cc4)CCC3)cn2)n1. The monoisotopic (exact) mass is 364 g/mol. The van der Waals surface area contributed by atoms with E-state index in [4.69, 9.17) is 0 Å². The molecule has 3 aromatic rings. The van der Waals surface area contributed by atoms with Crippen LogP contribution in [0.15, 0.2) is 48.7 Å². The Hall–Kier alpha value is -3.02. The molecule has 0 radical (unpaired) electrons. The van der Waals surface area contributed by atoms with Gasteiger partial charge in [-0.1, -0.05) is 12.1 Å². The number of aryl methyl sites for hydroxylation is 2. The van der Waals surface area contributed by atoms with Crippen molar-refractivity contribution in [2.45, 2.75) is 38.6 Å². The molecule has 0 spiro atoms. The van der Waals surface area contributed by atoms with Crippen LogP contribution in [0.4, 0.5) is 4.39 Å². The number of amides is 1. The van der Waals surface area contributed by atoms with Crippen LogP contribution in [0.25, 0.3) is 5.82 Å². The highest BCUT2D eigenvalue weighted by Gasteiger charge is 2.40. The summed E-state index contributed by atoms with van der Waals surface area (Å²) in [5.41, 5.74) is 2.92. The topological polar surface area (TPSA) is 59.8 Å². The van der Waals surface area contributed by atoms with Gasteiger partial charge < -0.3 is 5.32 Å². The van der Waals surface area contributed by atoms with E-state index in [0.717, 1.165) is 36.2 Å². The van der Waals surface area contributed by atoms with Crippen molar-refractivity contribution in [1.29, 1.82) is 0 Å². The van der Waals surface area contributed by atoms with Gasteiger partial charge in [-0.2, -0.15) is 5.10 Å². The average Bonchev–Trinajstić information content (AvgIpc) is 2.97. The summed E-state index contributed by atoms with van der Waals surface area (Å²) in [5, 5.41) is 7.54. The lowest BCUT2D eigenvalue weighted by Crippen LogP contribution is -2.50. The van der Waals surface area contributed by atoms with Gasteiger partial charge in [0, 0.05) is 11.9 Å². The number of hydrogen-bond donors (Lipinski definition) is 1. The van der Waals surface area contributed by atoms with Crippen molar-refractivity contribution in [2.24, 2.45) is 0 Å². The second-order valence-corrected chi connectivity index (χ2v) is 7.14. The van der Waals surface area contributed by atoms with E-state index >= 15 is 0 Å². The third-order valence-corrected chi connectivity index (χ3v) is 5.19. The molecule has 6 heteroatoms. The normalized spacial score (nSPS) is 15.2. The highest BCUT2D eigenvalue weighted by molar-refractivity contribution is 5.94. The van der Waals surface area contributed by atoms with E-state index in [-0.39, 0.29) is 11.7 Å². The Labute approximate surface area is 157 Å². The predicted molar refractivity (Wildman–Crippen MR) is 100 cm³/mol. The van der Waals surface area contributed by atoms with Crippen molar-refractivity contribution < 1.29 is 9.18 Å². The van der Waals surface area contributed by atoms with Gasteiger partial charge in [0.2, 0.25) is 0 Å². The fourth-order valence-corrected chi connectivity index (χ4v) is 3.58. The van der Waals surface area contributed by atoms with Gasteiger partial charge in [-0.15, -0.1) is 0 Å². The number of carbonyl (C=O) groups excluding carboxylic acids is 1. The van der Waals surface area contributed by atoms with E-state index in [2.05, 4.69) is 15.4 Å². The van der Waals surface area contributed by atoms with Crippen LogP contribution in [0.5, 0.6) is 0 Å². The summed E-state index contributed by atoms with van der Waals surface area (Å²) in [4.78, 5) is 17.2. The number of aromatic nitrogens is 3. The standard InChI is InChI=1S/C21H21FN4O/c1-14-12-15(2)26(25-14)19-9-4-16(13-23-19)20(27)24-21(10-3-11-21)17-5-7-18(22)8-6-17/h4-9,12-13H,3,10-11H2,1-2H3,(H,24,27). The minimum absolute atomic E-state index is 0.175. The van der Waals surface area contributed by atoms with Crippen molar-refractivity contribution in [3.63, 3.8) is 0 Å². The zero-order chi connectivity index (χ0) is 19.0. The number of hydrogen-bond acceptors (Lipinski definition) is 3. The highest BCUT2D eigenvalue weighted by Crippen LogP contribution is 2.41.